The molecular formula is C10H10ClN5O4. The van der Waals surface area contributed by atoms with Gasteiger partial charge in [0.2, 0.25) is 17.0 Å². The average Bonchev–Trinajstić information content (AvgIpc) is 2.55. The number of nitrogens with one attached hydrogen (secondary N) is 1. The lowest BCUT2D eigenvalue weighted by atomic mass is 10.2. The van der Waals surface area contributed by atoms with Crippen LogP contribution in [0, 0.1) is 17.0 Å². The Kier molecular flexibility index (Phi) is 3.53. The van der Waals surface area contributed by atoms with Gasteiger partial charge in [0.25, 0.3) is 5.91 Å². The van der Waals surface area contributed by atoms with Crippen molar-refractivity contribution in [1.29, 1.82) is 0 Å². The number of imide groups is 1. The van der Waals surface area contributed by atoms with Crippen LogP contribution in [0.1, 0.15) is 12.1 Å². The highest BCUT2D eigenvalue weighted by molar-refractivity contribution is 6.28. The monoisotopic (exact) mass is 299 g/mol. The fraction of sp³-hybridized carbons (Fsp3) is 0.400. The number of nitro groups is 1. The van der Waals surface area contributed by atoms with Gasteiger partial charge >= 0.3 is 5.69 Å². The second-order valence-corrected chi connectivity index (χ2v) is 4.56. The second-order valence-electron chi connectivity index (χ2n) is 4.22. The third-order valence-electron chi connectivity index (χ3n) is 2.91. The van der Waals surface area contributed by atoms with E-state index in [4.69, 9.17) is 11.6 Å². The number of halogens is 1. The summed E-state index contributed by atoms with van der Waals surface area (Å²) in [6, 6.07) is -0.892. The van der Waals surface area contributed by atoms with Gasteiger partial charge in [0, 0.05) is 7.05 Å². The van der Waals surface area contributed by atoms with Gasteiger partial charge in [-0.2, -0.15) is 4.98 Å². The number of likely N-dealkylation sites (tertiary alicyclic amines) is 1. The SMILES string of the molecule is Cc1nc(Cl)nc(NC2CC(=O)N(C)C2=O)c1[N+](=O)[O-]. The van der Waals surface area contributed by atoms with Gasteiger partial charge in [0.1, 0.15) is 11.7 Å². The molecule has 1 fully saturated rings. The van der Waals surface area contributed by atoms with E-state index < -0.39 is 16.9 Å². The van der Waals surface area contributed by atoms with Crippen LogP contribution in [0.25, 0.3) is 0 Å². The predicted octanol–water partition coefficient (Wildman–Crippen LogP) is 0.516. The maximum Gasteiger partial charge on any atom is 0.332 e. The Hall–Kier alpha value is -2.29. The molecule has 2 heterocycles. The molecule has 0 bridgehead atoms. The molecule has 0 saturated carbocycles. The fourth-order valence-corrected chi connectivity index (χ4v) is 2.10. The number of aromatic nitrogens is 2. The Morgan fingerprint density at radius 3 is 2.60 bits per heavy atom. The molecule has 10 heteroatoms. The first-order chi connectivity index (χ1) is 9.31. The number of rotatable bonds is 3. The summed E-state index contributed by atoms with van der Waals surface area (Å²) in [5.74, 6) is -1.02. The van der Waals surface area contributed by atoms with Crippen molar-refractivity contribution in [2.45, 2.75) is 19.4 Å². The van der Waals surface area contributed by atoms with Crippen molar-refractivity contribution in [2.75, 3.05) is 12.4 Å². The van der Waals surface area contributed by atoms with E-state index >= 15 is 0 Å². The maximum atomic E-state index is 11.8. The van der Waals surface area contributed by atoms with Gasteiger partial charge in [0.15, 0.2) is 0 Å². The van der Waals surface area contributed by atoms with Crippen LogP contribution < -0.4 is 5.32 Å². The minimum Gasteiger partial charge on any atom is -0.352 e. The van der Waals surface area contributed by atoms with E-state index in [-0.39, 0.29) is 34.8 Å². The minimum atomic E-state index is -0.892. The minimum absolute atomic E-state index is 0.0719. The van der Waals surface area contributed by atoms with Gasteiger partial charge in [-0.3, -0.25) is 24.6 Å². The molecule has 1 aromatic heterocycles. The highest BCUT2D eigenvalue weighted by Gasteiger charge is 2.37. The van der Waals surface area contributed by atoms with Crippen molar-refractivity contribution in [1.82, 2.24) is 14.9 Å². The van der Waals surface area contributed by atoms with Gasteiger partial charge in [-0.25, -0.2) is 4.98 Å². The highest BCUT2D eigenvalue weighted by atomic mass is 35.5. The summed E-state index contributed by atoms with van der Waals surface area (Å²) in [5, 5.41) is 13.4. The number of amides is 2. The first-order valence-corrected chi connectivity index (χ1v) is 5.94. The molecule has 1 atom stereocenters. The summed E-state index contributed by atoms with van der Waals surface area (Å²) in [5.41, 5.74) is -0.299. The fourth-order valence-electron chi connectivity index (χ4n) is 1.89. The van der Waals surface area contributed by atoms with Gasteiger partial charge < -0.3 is 5.32 Å². The summed E-state index contributed by atoms with van der Waals surface area (Å²) < 4.78 is 0. The average molecular weight is 300 g/mol. The molecule has 1 aliphatic rings. The standard InChI is InChI=1S/C10H10ClN5O4/c1-4-7(16(19)20)8(14-10(11)12-4)13-5-3-6(17)15(2)9(5)18/h5H,3H2,1-2H3,(H,12,13,14). The van der Waals surface area contributed by atoms with Crippen LogP contribution >= 0.6 is 11.6 Å². The third-order valence-corrected chi connectivity index (χ3v) is 3.08. The van der Waals surface area contributed by atoms with E-state index in [2.05, 4.69) is 15.3 Å². The summed E-state index contributed by atoms with van der Waals surface area (Å²) in [7, 11) is 1.35. The number of anilines is 1. The number of likely N-dealkylation sites (N-methyl/N-ethyl adjacent to an activating group) is 1. The molecule has 0 radical (unpaired) electrons. The van der Waals surface area contributed by atoms with E-state index in [9.17, 15) is 19.7 Å². The van der Waals surface area contributed by atoms with Crippen LogP contribution in [0.15, 0.2) is 0 Å². The smallest absolute Gasteiger partial charge is 0.332 e. The number of nitrogens with zero attached hydrogens (tertiary/aromatic N) is 4. The molecule has 2 amide bonds. The Morgan fingerprint density at radius 1 is 1.45 bits per heavy atom. The zero-order valence-corrected chi connectivity index (χ0v) is 11.3. The molecule has 0 spiro atoms. The van der Waals surface area contributed by atoms with Gasteiger partial charge in [-0.15, -0.1) is 0 Å². The largest absolute Gasteiger partial charge is 0.352 e. The second kappa shape index (κ2) is 5.00. The van der Waals surface area contributed by atoms with E-state index in [1.807, 2.05) is 0 Å². The normalized spacial score (nSPS) is 18.6. The van der Waals surface area contributed by atoms with Crippen molar-refractivity contribution in [3.63, 3.8) is 0 Å². The maximum absolute atomic E-state index is 11.8. The molecule has 0 aliphatic carbocycles. The molecule has 2 rings (SSSR count). The van der Waals surface area contributed by atoms with Crippen LogP contribution in [-0.2, 0) is 9.59 Å². The first kappa shape index (κ1) is 14.1. The number of hydrogen-bond donors (Lipinski definition) is 1. The lowest BCUT2D eigenvalue weighted by Gasteiger charge is -2.12. The van der Waals surface area contributed by atoms with Crippen LogP contribution in [0.2, 0.25) is 5.28 Å². The Labute approximate surface area is 118 Å². The van der Waals surface area contributed by atoms with E-state index in [1.54, 1.807) is 0 Å². The quantitative estimate of drug-likeness (QED) is 0.374. The molecular weight excluding hydrogens is 290 g/mol. The third kappa shape index (κ3) is 2.39. The molecule has 106 valence electrons. The Morgan fingerprint density at radius 2 is 2.10 bits per heavy atom. The van der Waals surface area contributed by atoms with Crippen LogP contribution in [0.4, 0.5) is 11.5 Å². The Bertz CT molecular complexity index is 620. The number of carbonyl (C=O) groups excluding carboxylic acids is 2. The summed E-state index contributed by atoms with van der Waals surface area (Å²) in [6.07, 6.45) is -0.0901. The van der Waals surface area contributed by atoms with Crippen molar-refractivity contribution < 1.29 is 14.5 Å². The summed E-state index contributed by atoms with van der Waals surface area (Å²) >= 11 is 5.66. The van der Waals surface area contributed by atoms with E-state index in [0.717, 1.165) is 4.90 Å². The van der Waals surface area contributed by atoms with Crippen LogP contribution in [0.3, 0.4) is 0 Å². The first-order valence-electron chi connectivity index (χ1n) is 5.56. The topological polar surface area (TPSA) is 118 Å². The van der Waals surface area contributed by atoms with Crippen molar-refractivity contribution in [3.05, 3.63) is 21.1 Å². The number of aryl methyl sites for hydroxylation is 1. The number of carbonyl (C=O) groups is 2. The van der Waals surface area contributed by atoms with Gasteiger partial charge in [0.05, 0.1) is 11.3 Å². The highest BCUT2D eigenvalue weighted by Crippen LogP contribution is 2.28. The summed E-state index contributed by atoms with van der Waals surface area (Å²) in [4.78, 5) is 41.9. The zero-order chi connectivity index (χ0) is 15.0. The number of hydrogen-bond acceptors (Lipinski definition) is 7. The molecule has 1 aromatic rings. The van der Waals surface area contributed by atoms with Crippen molar-refractivity contribution in [2.24, 2.45) is 0 Å². The molecule has 1 unspecified atom stereocenters. The predicted molar refractivity (Wildman–Crippen MR) is 68.2 cm³/mol. The molecule has 1 aliphatic heterocycles. The lowest BCUT2D eigenvalue weighted by Crippen LogP contribution is -2.32. The lowest BCUT2D eigenvalue weighted by molar-refractivity contribution is -0.385. The molecule has 0 aromatic carbocycles. The van der Waals surface area contributed by atoms with Crippen molar-refractivity contribution in [3.8, 4) is 0 Å². The van der Waals surface area contributed by atoms with E-state index in [1.165, 1.54) is 14.0 Å². The molecule has 1 saturated heterocycles. The summed E-state index contributed by atoms with van der Waals surface area (Å²) in [6.45, 7) is 1.41. The van der Waals surface area contributed by atoms with Gasteiger partial charge in [-0.1, -0.05) is 0 Å². The zero-order valence-electron chi connectivity index (χ0n) is 10.6. The van der Waals surface area contributed by atoms with Gasteiger partial charge in [-0.05, 0) is 18.5 Å². The van der Waals surface area contributed by atoms with Crippen LogP contribution in [0.5, 0.6) is 0 Å². The molecule has 20 heavy (non-hydrogen) atoms. The molecule has 9 nitrogen and oxygen atoms in total. The molecule has 1 N–H and O–H groups in total. The van der Waals surface area contributed by atoms with Crippen molar-refractivity contribution >= 4 is 34.9 Å². The van der Waals surface area contributed by atoms with Crippen LogP contribution in [-0.4, -0.2) is 44.7 Å². The Balaban J connectivity index is 2.37. The van der Waals surface area contributed by atoms with E-state index in [0.29, 0.717) is 0 Å².